The third kappa shape index (κ3) is 3.34. The second-order valence-corrected chi connectivity index (χ2v) is 8.73. The summed E-state index contributed by atoms with van der Waals surface area (Å²) in [6.07, 6.45) is 8.85. The molecule has 30 heavy (non-hydrogen) atoms. The fourth-order valence-electron chi connectivity index (χ4n) is 4.24. The molecule has 0 bridgehead atoms. The minimum absolute atomic E-state index is 0.128. The van der Waals surface area contributed by atoms with Crippen molar-refractivity contribution in [1.29, 1.82) is 5.26 Å². The zero-order valence-corrected chi connectivity index (χ0v) is 17.3. The Hall–Kier alpha value is -2.88. The number of ether oxygens (including phenoxy) is 1. The van der Waals surface area contributed by atoms with E-state index >= 15 is 0 Å². The molecule has 1 aliphatic carbocycles. The van der Waals surface area contributed by atoms with Gasteiger partial charge in [-0.15, -0.1) is 0 Å². The van der Waals surface area contributed by atoms with E-state index in [1.54, 1.807) is 0 Å². The van der Waals surface area contributed by atoms with Gasteiger partial charge in [0.1, 0.15) is 6.07 Å². The van der Waals surface area contributed by atoms with Crippen molar-refractivity contribution < 1.29 is 17.9 Å². The first kappa shape index (κ1) is 20.4. The van der Waals surface area contributed by atoms with Crippen molar-refractivity contribution in [2.75, 3.05) is 6.54 Å². The number of aromatic nitrogens is 1. The molecular formula is C23H24F3N3O. The zero-order chi connectivity index (χ0) is 21.6. The summed E-state index contributed by atoms with van der Waals surface area (Å²) in [5.41, 5.74) is 2.29. The maximum atomic E-state index is 14.5. The van der Waals surface area contributed by atoms with Crippen molar-refractivity contribution >= 4 is 16.6 Å². The number of alkyl halides is 2. The van der Waals surface area contributed by atoms with E-state index in [1.165, 1.54) is 6.07 Å². The Bertz CT molecular complexity index is 1080. The minimum Gasteiger partial charge on any atom is -0.432 e. The van der Waals surface area contributed by atoms with Crippen LogP contribution in [0.25, 0.3) is 16.6 Å². The highest BCUT2D eigenvalue weighted by Crippen LogP contribution is 2.44. The summed E-state index contributed by atoms with van der Waals surface area (Å²) in [4.78, 5) is 2.20. The number of rotatable bonds is 4. The summed E-state index contributed by atoms with van der Waals surface area (Å²) in [5, 5.41) is 10.4. The van der Waals surface area contributed by atoms with Crippen molar-refractivity contribution in [1.82, 2.24) is 9.47 Å². The summed E-state index contributed by atoms with van der Waals surface area (Å²) in [6.45, 7) is 3.84. The lowest BCUT2D eigenvalue weighted by atomic mass is 9.92. The Kier molecular flexibility index (Phi) is 5.05. The number of halogens is 3. The standard InChI is InChI=1S/C23H24F3N3O/c1-23(2,3)28-10-5-4-9-18(28)21-16(13-27)15-11-17(24)20(30-22(25)26)12-19(15)29(21)14-7-6-8-14/h4-5,9,11-12,14,22H,6-8,10H2,1-3H3. The Labute approximate surface area is 173 Å². The van der Waals surface area contributed by atoms with Crippen LogP contribution in [-0.2, 0) is 0 Å². The van der Waals surface area contributed by atoms with Crippen molar-refractivity contribution in [3.63, 3.8) is 0 Å². The molecule has 7 heteroatoms. The molecule has 0 N–H and O–H groups in total. The third-order valence-corrected chi connectivity index (χ3v) is 5.85. The molecule has 4 rings (SSSR count). The lowest BCUT2D eigenvalue weighted by Gasteiger charge is -2.41. The summed E-state index contributed by atoms with van der Waals surface area (Å²) in [7, 11) is 0. The maximum absolute atomic E-state index is 14.5. The smallest absolute Gasteiger partial charge is 0.387 e. The van der Waals surface area contributed by atoms with Gasteiger partial charge in [0.05, 0.1) is 22.5 Å². The number of benzene rings is 1. The highest BCUT2D eigenvalue weighted by atomic mass is 19.3. The fourth-order valence-corrected chi connectivity index (χ4v) is 4.24. The number of fused-ring (bicyclic) bond motifs is 1. The normalized spacial score (nSPS) is 17.3. The third-order valence-electron chi connectivity index (χ3n) is 5.85. The Morgan fingerprint density at radius 3 is 2.53 bits per heavy atom. The molecule has 0 atom stereocenters. The van der Waals surface area contributed by atoms with E-state index in [0.29, 0.717) is 28.7 Å². The lowest BCUT2D eigenvalue weighted by molar-refractivity contribution is -0.0521. The molecular weight excluding hydrogens is 391 g/mol. The van der Waals surface area contributed by atoms with Gasteiger partial charge in [-0.05, 0) is 52.2 Å². The van der Waals surface area contributed by atoms with Crippen molar-refractivity contribution in [2.45, 2.75) is 58.2 Å². The Morgan fingerprint density at radius 1 is 1.23 bits per heavy atom. The fraction of sp³-hybridized carbons (Fsp3) is 0.435. The minimum atomic E-state index is -3.12. The van der Waals surface area contributed by atoms with E-state index < -0.39 is 18.2 Å². The van der Waals surface area contributed by atoms with Gasteiger partial charge in [-0.1, -0.05) is 12.2 Å². The Morgan fingerprint density at radius 2 is 1.97 bits per heavy atom. The first-order chi connectivity index (χ1) is 14.2. The van der Waals surface area contributed by atoms with Crippen molar-refractivity contribution in [3.8, 4) is 11.8 Å². The molecule has 2 heterocycles. The topological polar surface area (TPSA) is 41.2 Å². The van der Waals surface area contributed by atoms with Crippen LogP contribution in [0.5, 0.6) is 5.75 Å². The Balaban J connectivity index is 2.02. The molecule has 1 saturated carbocycles. The van der Waals surface area contributed by atoms with Crippen LogP contribution in [0.3, 0.4) is 0 Å². The van der Waals surface area contributed by atoms with Crippen LogP contribution in [0.4, 0.5) is 13.2 Å². The summed E-state index contributed by atoms with van der Waals surface area (Å²) < 4.78 is 46.5. The molecule has 1 aliphatic heterocycles. The van der Waals surface area contributed by atoms with Crippen LogP contribution >= 0.6 is 0 Å². The quantitative estimate of drug-likeness (QED) is 0.616. The second-order valence-electron chi connectivity index (χ2n) is 8.73. The van der Waals surface area contributed by atoms with Gasteiger partial charge in [0.15, 0.2) is 11.6 Å². The molecule has 4 nitrogen and oxygen atoms in total. The molecule has 0 amide bonds. The molecule has 0 unspecified atom stereocenters. The molecule has 2 aromatic rings. The SMILES string of the molecule is CC(C)(C)N1CC=CC=C1c1c(C#N)c2cc(F)c(OC(F)F)cc2n1C1CCC1. The van der Waals surface area contributed by atoms with Gasteiger partial charge in [-0.2, -0.15) is 14.0 Å². The average molecular weight is 415 g/mol. The van der Waals surface area contributed by atoms with Gasteiger partial charge in [0.25, 0.3) is 0 Å². The van der Waals surface area contributed by atoms with Crippen LogP contribution in [0.1, 0.15) is 57.3 Å². The number of hydrogen-bond donors (Lipinski definition) is 0. The predicted octanol–water partition coefficient (Wildman–Crippen LogP) is 5.99. The van der Waals surface area contributed by atoms with Gasteiger partial charge in [-0.25, -0.2) is 4.39 Å². The molecule has 1 aromatic heterocycles. The molecule has 1 fully saturated rings. The first-order valence-corrected chi connectivity index (χ1v) is 10.1. The van der Waals surface area contributed by atoms with Gasteiger partial charge in [0, 0.05) is 29.6 Å². The molecule has 158 valence electrons. The summed E-state index contributed by atoms with van der Waals surface area (Å²) >= 11 is 0. The highest BCUT2D eigenvalue weighted by Gasteiger charge is 2.34. The monoisotopic (exact) mass is 415 g/mol. The molecule has 2 aliphatic rings. The van der Waals surface area contributed by atoms with Crippen LogP contribution in [0.15, 0.2) is 30.4 Å². The van der Waals surface area contributed by atoms with Crippen molar-refractivity contribution in [2.24, 2.45) is 0 Å². The van der Waals surface area contributed by atoms with Crippen molar-refractivity contribution in [3.05, 3.63) is 47.4 Å². The largest absolute Gasteiger partial charge is 0.432 e. The van der Waals surface area contributed by atoms with Gasteiger partial charge >= 0.3 is 6.61 Å². The molecule has 0 spiro atoms. The van der Waals surface area contributed by atoms with E-state index in [2.05, 4.69) is 36.5 Å². The van der Waals surface area contributed by atoms with E-state index in [9.17, 15) is 18.4 Å². The van der Waals surface area contributed by atoms with Crippen LogP contribution in [0, 0.1) is 17.1 Å². The molecule has 1 aromatic carbocycles. The summed E-state index contributed by atoms with van der Waals surface area (Å²) in [5.74, 6) is -1.40. The number of hydrogen-bond acceptors (Lipinski definition) is 3. The van der Waals surface area contributed by atoms with Gasteiger partial charge < -0.3 is 14.2 Å². The van der Waals surface area contributed by atoms with E-state index in [1.807, 2.05) is 22.8 Å². The molecule has 0 saturated heterocycles. The number of nitriles is 1. The number of nitrogens with zero attached hydrogens (tertiary/aromatic N) is 3. The van der Waals surface area contributed by atoms with E-state index in [4.69, 9.17) is 0 Å². The second kappa shape index (κ2) is 7.42. The maximum Gasteiger partial charge on any atom is 0.387 e. The van der Waals surface area contributed by atoms with Crippen LogP contribution in [0.2, 0.25) is 0 Å². The van der Waals surface area contributed by atoms with Gasteiger partial charge in [-0.3, -0.25) is 0 Å². The van der Waals surface area contributed by atoms with E-state index in [-0.39, 0.29) is 11.6 Å². The predicted molar refractivity (Wildman–Crippen MR) is 110 cm³/mol. The van der Waals surface area contributed by atoms with Gasteiger partial charge in [0.2, 0.25) is 0 Å². The lowest BCUT2D eigenvalue weighted by Crippen LogP contribution is -2.41. The zero-order valence-electron chi connectivity index (χ0n) is 17.3. The average Bonchev–Trinajstić information content (AvgIpc) is 2.92. The van der Waals surface area contributed by atoms with Crippen LogP contribution < -0.4 is 4.74 Å². The highest BCUT2D eigenvalue weighted by molar-refractivity contribution is 5.94. The van der Waals surface area contributed by atoms with E-state index in [0.717, 1.165) is 31.0 Å². The van der Waals surface area contributed by atoms with Crippen LogP contribution in [-0.4, -0.2) is 28.2 Å². The molecule has 0 radical (unpaired) electrons. The number of allylic oxidation sites excluding steroid dienone is 2. The summed E-state index contributed by atoms with van der Waals surface area (Å²) in [6, 6.07) is 4.83. The first-order valence-electron chi connectivity index (χ1n) is 10.1.